The Kier molecular flexibility index (Phi) is 8.52. The van der Waals surface area contributed by atoms with Crippen molar-refractivity contribution >= 4 is 0 Å². The first-order valence-corrected chi connectivity index (χ1v) is 11.3. The molecule has 1 heterocycles. The third-order valence-corrected chi connectivity index (χ3v) is 8.23. The molecule has 0 amide bonds. The van der Waals surface area contributed by atoms with Gasteiger partial charge in [0.25, 0.3) is 0 Å². The van der Waals surface area contributed by atoms with Gasteiger partial charge in [-0.2, -0.15) is 0 Å². The average Bonchev–Trinajstić information content (AvgIpc) is 2.70. The second kappa shape index (κ2) is 9.36. The second-order valence-corrected chi connectivity index (χ2v) is 8.17. The summed E-state index contributed by atoms with van der Waals surface area (Å²) in [7, 11) is 0. The molecule has 0 fully saturated rings. The molecule has 159 valence electrons. The third-order valence-electron chi connectivity index (χ3n) is 8.23. The summed E-state index contributed by atoms with van der Waals surface area (Å²) in [5.41, 5.74) is 4.98. The van der Waals surface area contributed by atoms with Crippen LogP contribution in [0.15, 0.2) is 12.1 Å². The van der Waals surface area contributed by atoms with Gasteiger partial charge in [0.1, 0.15) is 11.4 Å². The predicted octanol–water partition coefficient (Wildman–Crippen LogP) is 7.62. The first kappa shape index (κ1) is 24.6. The first-order chi connectivity index (χ1) is 12.5. The molecule has 1 aliphatic heterocycles. The van der Waals surface area contributed by atoms with Gasteiger partial charge in [-0.15, -0.1) is 0 Å². The number of hydrogen-bond acceptors (Lipinski definition) is 1. The van der Waals surface area contributed by atoms with E-state index in [0.717, 1.165) is 25.7 Å². The molecule has 0 N–H and O–H groups in total. The SMILES string of the molecule is CCc1ccc2c(c1CC)C(CC)(CC)C(CC)(CC)C(CC)(CC)O2.[Cu]. The Morgan fingerprint density at radius 2 is 1.26 bits per heavy atom. The Bertz CT molecular complexity index is 607. The van der Waals surface area contributed by atoms with Crippen molar-refractivity contribution in [2.24, 2.45) is 5.41 Å². The van der Waals surface area contributed by atoms with Crippen molar-refractivity contribution in [2.75, 3.05) is 0 Å². The van der Waals surface area contributed by atoms with Crippen LogP contribution in [0.5, 0.6) is 5.75 Å². The van der Waals surface area contributed by atoms with Crippen LogP contribution in [-0.4, -0.2) is 5.60 Å². The van der Waals surface area contributed by atoms with E-state index in [1.165, 1.54) is 37.0 Å². The Hall–Kier alpha value is -0.461. The topological polar surface area (TPSA) is 9.23 Å². The standard InChI is InChI=1S/C25H42O.Cu/c1-9-19-17-18-21-22(20(19)10-2)23(11-3,12-4)24(13-5,14-6)25(15-7,16-8)26-21;/h17-18H,9-16H2,1-8H3;. The molecule has 0 unspecified atom stereocenters. The van der Waals surface area contributed by atoms with Crippen molar-refractivity contribution in [2.45, 2.75) is 118 Å². The van der Waals surface area contributed by atoms with Crippen LogP contribution in [-0.2, 0) is 35.3 Å². The third kappa shape index (κ3) is 3.10. The van der Waals surface area contributed by atoms with Crippen molar-refractivity contribution in [3.05, 3.63) is 28.8 Å². The molecule has 1 aliphatic rings. The van der Waals surface area contributed by atoms with Crippen LogP contribution in [0.3, 0.4) is 0 Å². The normalized spacial score (nSPS) is 19.0. The van der Waals surface area contributed by atoms with Crippen LogP contribution in [0.1, 0.15) is 111 Å². The summed E-state index contributed by atoms with van der Waals surface area (Å²) < 4.78 is 7.02. The summed E-state index contributed by atoms with van der Waals surface area (Å²) in [5, 5.41) is 0. The minimum atomic E-state index is -0.0612. The van der Waals surface area contributed by atoms with Gasteiger partial charge in [-0.05, 0) is 68.6 Å². The maximum atomic E-state index is 7.02. The molecular formula is C25H42CuO. The summed E-state index contributed by atoms with van der Waals surface area (Å²) in [6, 6.07) is 4.62. The fourth-order valence-corrected chi connectivity index (χ4v) is 6.92. The number of hydrogen-bond donors (Lipinski definition) is 0. The number of fused-ring (bicyclic) bond motifs is 1. The Labute approximate surface area is 179 Å². The van der Waals surface area contributed by atoms with Gasteiger partial charge in [0.2, 0.25) is 0 Å². The van der Waals surface area contributed by atoms with Gasteiger partial charge in [0.15, 0.2) is 0 Å². The minimum Gasteiger partial charge on any atom is -0.486 e. The Balaban J connectivity index is 0.00000364. The van der Waals surface area contributed by atoms with E-state index >= 15 is 0 Å². The van der Waals surface area contributed by atoms with Gasteiger partial charge >= 0.3 is 0 Å². The van der Waals surface area contributed by atoms with E-state index in [0.29, 0.717) is 0 Å². The van der Waals surface area contributed by atoms with Gasteiger partial charge in [-0.3, -0.25) is 0 Å². The van der Waals surface area contributed by atoms with Crippen LogP contribution in [0, 0.1) is 5.41 Å². The van der Waals surface area contributed by atoms with Crippen molar-refractivity contribution in [1.82, 2.24) is 0 Å². The van der Waals surface area contributed by atoms with Gasteiger partial charge in [-0.1, -0.05) is 61.5 Å². The van der Waals surface area contributed by atoms with Crippen LogP contribution in [0.4, 0.5) is 0 Å². The summed E-state index contributed by atoms with van der Waals surface area (Å²) in [6.45, 7) is 19.0. The van der Waals surface area contributed by atoms with Crippen LogP contribution in [0.2, 0.25) is 0 Å². The van der Waals surface area contributed by atoms with Gasteiger partial charge in [0, 0.05) is 33.5 Å². The summed E-state index contributed by atoms with van der Waals surface area (Å²) in [5.74, 6) is 1.18. The zero-order valence-electron chi connectivity index (χ0n) is 19.0. The van der Waals surface area contributed by atoms with E-state index in [2.05, 4.69) is 67.5 Å². The number of rotatable bonds is 8. The molecule has 1 aromatic carbocycles. The largest absolute Gasteiger partial charge is 0.486 e. The molecule has 0 aromatic heterocycles. The van der Waals surface area contributed by atoms with E-state index < -0.39 is 0 Å². The van der Waals surface area contributed by atoms with Crippen molar-refractivity contribution in [3.63, 3.8) is 0 Å². The van der Waals surface area contributed by atoms with E-state index in [1.807, 2.05) is 0 Å². The first-order valence-electron chi connectivity index (χ1n) is 11.3. The molecule has 1 nitrogen and oxygen atoms in total. The molecular weight excluding hydrogens is 380 g/mol. The van der Waals surface area contributed by atoms with Crippen molar-refractivity contribution in [1.29, 1.82) is 0 Å². The molecule has 0 aliphatic carbocycles. The molecule has 0 saturated carbocycles. The maximum absolute atomic E-state index is 7.02. The predicted molar refractivity (Wildman–Crippen MR) is 114 cm³/mol. The summed E-state index contributed by atoms with van der Waals surface area (Å²) in [6.07, 6.45) is 9.15. The molecule has 2 rings (SSSR count). The molecule has 0 bridgehead atoms. The van der Waals surface area contributed by atoms with Crippen LogP contribution >= 0.6 is 0 Å². The monoisotopic (exact) mass is 421 g/mol. The zero-order chi connectivity index (χ0) is 19.6. The minimum absolute atomic E-state index is 0. The number of benzene rings is 1. The fourth-order valence-electron chi connectivity index (χ4n) is 6.92. The summed E-state index contributed by atoms with van der Waals surface area (Å²) >= 11 is 0. The summed E-state index contributed by atoms with van der Waals surface area (Å²) in [4.78, 5) is 0. The Morgan fingerprint density at radius 1 is 0.704 bits per heavy atom. The maximum Gasteiger partial charge on any atom is 0.124 e. The Morgan fingerprint density at radius 3 is 1.63 bits per heavy atom. The van der Waals surface area contributed by atoms with Gasteiger partial charge in [0.05, 0.1) is 0 Å². The van der Waals surface area contributed by atoms with Crippen LogP contribution in [0.25, 0.3) is 0 Å². The number of ether oxygens (including phenoxy) is 1. The molecule has 0 atom stereocenters. The molecule has 2 heteroatoms. The molecule has 0 spiro atoms. The fraction of sp³-hybridized carbons (Fsp3) is 0.760. The second-order valence-electron chi connectivity index (χ2n) is 8.17. The molecule has 1 aromatic rings. The van der Waals surface area contributed by atoms with Crippen molar-refractivity contribution < 1.29 is 21.8 Å². The van der Waals surface area contributed by atoms with E-state index in [9.17, 15) is 0 Å². The molecule has 27 heavy (non-hydrogen) atoms. The van der Waals surface area contributed by atoms with E-state index in [1.54, 1.807) is 11.1 Å². The van der Waals surface area contributed by atoms with Gasteiger partial charge in [-0.25, -0.2) is 0 Å². The zero-order valence-corrected chi connectivity index (χ0v) is 20.0. The van der Waals surface area contributed by atoms with Crippen molar-refractivity contribution in [3.8, 4) is 5.75 Å². The van der Waals surface area contributed by atoms with Gasteiger partial charge < -0.3 is 4.74 Å². The molecule has 1 radical (unpaired) electrons. The average molecular weight is 422 g/mol. The molecule has 0 saturated heterocycles. The smallest absolute Gasteiger partial charge is 0.124 e. The van der Waals surface area contributed by atoms with E-state index in [-0.39, 0.29) is 33.5 Å². The quantitative estimate of drug-likeness (QED) is 0.392. The van der Waals surface area contributed by atoms with E-state index in [4.69, 9.17) is 4.74 Å². The number of aryl methyl sites for hydroxylation is 1. The van der Waals surface area contributed by atoms with Crippen LogP contribution < -0.4 is 4.74 Å².